The zero-order valence-electron chi connectivity index (χ0n) is 4.28. The number of rotatable bonds is 0. The van der Waals surface area contributed by atoms with Gasteiger partial charge in [0.2, 0.25) is 0 Å². The Labute approximate surface area is 65.6 Å². The molecule has 0 amide bonds. The van der Waals surface area contributed by atoms with Crippen LogP contribution in [0, 0.1) is 13.8 Å². The summed E-state index contributed by atoms with van der Waals surface area (Å²) in [5, 5.41) is 0. The van der Waals surface area contributed by atoms with Gasteiger partial charge in [-0.05, 0) is 0 Å². The van der Waals surface area contributed by atoms with Gasteiger partial charge >= 0.3 is 32.7 Å². The van der Waals surface area contributed by atoms with Crippen molar-refractivity contribution in [3.05, 3.63) is 13.8 Å². The summed E-state index contributed by atoms with van der Waals surface area (Å²) in [5.41, 5.74) is 4.74. The van der Waals surface area contributed by atoms with E-state index in [0.29, 0.717) is 6.54 Å². The van der Waals surface area contributed by atoms with E-state index in [4.69, 9.17) is 5.73 Å². The number of hydrogen-bond donors (Lipinski definition) is 1. The minimum absolute atomic E-state index is 0. The maximum absolute atomic E-state index is 4.74. The summed E-state index contributed by atoms with van der Waals surface area (Å²) in [6.45, 7) is 8.76. The summed E-state index contributed by atoms with van der Waals surface area (Å²) in [5.74, 6) is 0. The van der Waals surface area contributed by atoms with Gasteiger partial charge in [-0.15, -0.1) is 6.54 Å². The van der Waals surface area contributed by atoms with Crippen LogP contribution >= 0.6 is 0 Å². The van der Waals surface area contributed by atoms with E-state index in [2.05, 4.69) is 13.8 Å². The molecule has 2 N–H and O–H groups in total. The van der Waals surface area contributed by atoms with Crippen molar-refractivity contribution in [3.8, 4) is 0 Å². The van der Waals surface area contributed by atoms with Crippen LogP contribution in [0.4, 0.5) is 0 Å². The fraction of sp³-hybridized carbons (Fsp3) is 0.500. The monoisotopic (exact) mass is 162 g/mol. The quantitative estimate of drug-likeness (QED) is 0.519. The average molecular weight is 162 g/mol. The summed E-state index contributed by atoms with van der Waals surface area (Å²) in [7, 11) is 0. The Hall–Kier alpha value is 1.06. The molecule has 0 unspecified atom stereocenters. The molecule has 0 atom stereocenters. The van der Waals surface area contributed by atoms with Crippen LogP contribution in [0.1, 0.15) is 6.92 Å². The molecule has 0 saturated heterocycles. The Morgan fingerprint density at radius 1 is 1.50 bits per heavy atom. The third kappa shape index (κ3) is 73.9. The Morgan fingerprint density at radius 3 is 1.50 bits per heavy atom. The molecule has 0 bridgehead atoms. The molecule has 34 valence electrons. The van der Waals surface area contributed by atoms with Gasteiger partial charge in [0, 0.05) is 0 Å². The second-order valence-electron chi connectivity index (χ2n) is 0.289. The van der Waals surface area contributed by atoms with E-state index >= 15 is 0 Å². The molecule has 0 spiro atoms. The van der Waals surface area contributed by atoms with Crippen molar-refractivity contribution < 1.29 is 32.7 Å². The van der Waals surface area contributed by atoms with Gasteiger partial charge in [0.15, 0.2) is 0 Å². The molecule has 0 heterocycles. The van der Waals surface area contributed by atoms with Gasteiger partial charge in [-0.25, -0.2) is 0 Å². The van der Waals surface area contributed by atoms with Crippen LogP contribution in [0.5, 0.6) is 0 Å². The van der Waals surface area contributed by atoms with E-state index in [1.165, 1.54) is 0 Å². The molecule has 0 aliphatic rings. The minimum Gasteiger partial charge on any atom is -0.360 e. The fourth-order valence-electron chi connectivity index (χ4n) is 0. The third-order valence-electron chi connectivity index (χ3n) is 0. The normalized spacial score (nSPS) is 4.00. The third-order valence-corrected chi connectivity index (χ3v) is 0. The standard InChI is InChI=1S/C2H6N.C2H5.Y/c1-2-3;1-2;/h1-3H2;1H2,2H3;/q2*-1;+3. The predicted octanol–water partition coefficient (Wildman–Crippen LogP) is 0.617. The Bertz CT molecular complexity index is 7.51. The first-order valence-electron chi connectivity index (χ1n) is 1.62. The predicted molar refractivity (Wildman–Crippen MR) is 25.4 cm³/mol. The minimum atomic E-state index is 0. The number of hydrogen-bond acceptors (Lipinski definition) is 1. The maximum Gasteiger partial charge on any atom is 3.00 e. The smallest absolute Gasteiger partial charge is 0.360 e. The van der Waals surface area contributed by atoms with Crippen LogP contribution < -0.4 is 5.73 Å². The van der Waals surface area contributed by atoms with E-state index in [1.807, 2.05) is 0 Å². The first-order chi connectivity index (χ1) is 2.41. The molecule has 2 heteroatoms. The molecular formula is C4H11NY+. The molecule has 0 radical (unpaired) electrons. The molecule has 0 aromatic rings. The van der Waals surface area contributed by atoms with E-state index in [9.17, 15) is 0 Å². The molecule has 0 aliphatic carbocycles. The Morgan fingerprint density at radius 2 is 1.50 bits per heavy atom. The van der Waals surface area contributed by atoms with Crippen molar-refractivity contribution in [2.45, 2.75) is 6.92 Å². The zero-order chi connectivity index (χ0) is 4.71. The fourth-order valence-corrected chi connectivity index (χ4v) is 0. The van der Waals surface area contributed by atoms with Crippen LogP contribution in [0.15, 0.2) is 0 Å². The van der Waals surface area contributed by atoms with Gasteiger partial charge < -0.3 is 19.6 Å². The van der Waals surface area contributed by atoms with E-state index in [0.717, 1.165) is 0 Å². The van der Waals surface area contributed by atoms with E-state index in [1.54, 1.807) is 6.92 Å². The number of nitrogens with two attached hydrogens (primary N) is 1. The molecule has 0 aromatic heterocycles. The van der Waals surface area contributed by atoms with Crippen LogP contribution in [-0.2, 0) is 32.7 Å². The summed E-state index contributed by atoms with van der Waals surface area (Å²) in [6, 6.07) is 0. The van der Waals surface area contributed by atoms with E-state index < -0.39 is 0 Å². The molecular weight excluding hydrogens is 151 g/mol. The van der Waals surface area contributed by atoms with Crippen LogP contribution in [0.2, 0.25) is 0 Å². The molecule has 0 aliphatic heterocycles. The molecule has 0 fully saturated rings. The first kappa shape index (κ1) is 15.7. The van der Waals surface area contributed by atoms with Crippen molar-refractivity contribution in [1.82, 2.24) is 0 Å². The molecule has 1 nitrogen and oxygen atoms in total. The molecule has 6 heavy (non-hydrogen) atoms. The summed E-state index contributed by atoms with van der Waals surface area (Å²) in [6.07, 6.45) is 0. The SMILES string of the molecule is [CH2-]C.[CH2-]CN.[Y+3]. The Balaban J connectivity index is -0.0000000275. The van der Waals surface area contributed by atoms with Crippen molar-refractivity contribution in [2.75, 3.05) is 6.54 Å². The first-order valence-corrected chi connectivity index (χ1v) is 1.62. The van der Waals surface area contributed by atoms with Crippen molar-refractivity contribution in [3.63, 3.8) is 0 Å². The van der Waals surface area contributed by atoms with Crippen LogP contribution in [-0.4, -0.2) is 6.54 Å². The summed E-state index contributed by atoms with van der Waals surface area (Å²) < 4.78 is 0. The molecule has 0 saturated carbocycles. The molecule has 0 aromatic carbocycles. The van der Waals surface area contributed by atoms with Crippen molar-refractivity contribution >= 4 is 0 Å². The van der Waals surface area contributed by atoms with E-state index in [-0.39, 0.29) is 32.7 Å². The topological polar surface area (TPSA) is 26.0 Å². The zero-order valence-corrected chi connectivity index (χ0v) is 7.11. The second-order valence-corrected chi connectivity index (χ2v) is 0.289. The Kier molecular flexibility index (Phi) is 95.7. The van der Waals surface area contributed by atoms with Crippen molar-refractivity contribution in [2.24, 2.45) is 5.73 Å². The van der Waals surface area contributed by atoms with Gasteiger partial charge in [-0.1, -0.05) is 0 Å². The molecule has 0 rings (SSSR count). The second kappa shape index (κ2) is 36.5. The van der Waals surface area contributed by atoms with Gasteiger partial charge in [0.05, 0.1) is 0 Å². The van der Waals surface area contributed by atoms with Gasteiger partial charge in [0.1, 0.15) is 0 Å². The summed E-state index contributed by atoms with van der Waals surface area (Å²) in [4.78, 5) is 0. The van der Waals surface area contributed by atoms with Gasteiger partial charge in [-0.3, -0.25) is 0 Å². The van der Waals surface area contributed by atoms with Gasteiger partial charge in [-0.2, -0.15) is 6.92 Å². The van der Waals surface area contributed by atoms with Crippen LogP contribution in [0.25, 0.3) is 0 Å². The van der Waals surface area contributed by atoms with Crippen molar-refractivity contribution in [1.29, 1.82) is 0 Å². The largest absolute Gasteiger partial charge is 3.00 e. The van der Waals surface area contributed by atoms with Crippen LogP contribution in [0.3, 0.4) is 0 Å². The maximum atomic E-state index is 4.74. The van der Waals surface area contributed by atoms with Gasteiger partial charge in [0.25, 0.3) is 0 Å². The average Bonchev–Trinajstić information content (AvgIpc) is 1.46. The summed E-state index contributed by atoms with van der Waals surface area (Å²) >= 11 is 0.